The zero-order chi connectivity index (χ0) is 12.4. The van der Waals surface area contributed by atoms with Gasteiger partial charge in [0, 0.05) is 16.2 Å². The van der Waals surface area contributed by atoms with Crippen molar-refractivity contribution in [3.63, 3.8) is 0 Å². The molecule has 4 heteroatoms. The van der Waals surface area contributed by atoms with Gasteiger partial charge in [-0.2, -0.15) is 0 Å². The van der Waals surface area contributed by atoms with Crippen molar-refractivity contribution in [2.24, 2.45) is 5.73 Å². The van der Waals surface area contributed by atoms with Gasteiger partial charge in [0.2, 0.25) is 0 Å². The summed E-state index contributed by atoms with van der Waals surface area (Å²) in [6, 6.07) is 6.23. The van der Waals surface area contributed by atoms with Gasteiger partial charge in [-0.05, 0) is 37.1 Å². The van der Waals surface area contributed by atoms with Gasteiger partial charge in [-0.15, -0.1) is 0 Å². The summed E-state index contributed by atoms with van der Waals surface area (Å²) in [4.78, 5) is 4.20. The number of halogens is 1. The highest BCUT2D eigenvalue weighted by atomic mass is 79.9. The number of nitrogens with two attached hydrogens (primary N) is 1. The van der Waals surface area contributed by atoms with Gasteiger partial charge < -0.3 is 10.3 Å². The van der Waals surface area contributed by atoms with Gasteiger partial charge in [0.05, 0.1) is 18.2 Å². The Labute approximate surface area is 110 Å². The minimum Gasteiger partial charge on any atom is -0.323 e. The molecule has 0 saturated carbocycles. The summed E-state index contributed by atoms with van der Waals surface area (Å²) < 4.78 is 3.15. The second-order valence-electron chi connectivity index (χ2n) is 4.13. The van der Waals surface area contributed by atoms with E-state index >= 15 is 0 Å². The van der Waals surface area contributed by atoms with Gasteiger partial charge in [-0.25, -0.2) is 4.98 Å². The maximum atomic E-state index is 6.09. The Balaban J connectivity index is 2.50. The Morgan fingerprint density at radius 2 is 2.24 bits per heavy atom. The van der Waals surface area contributed by atoms with Crippen LogP contribution in [0.3, 0.4) is 0 Å². The largest absolute Gasteiger partial charge is 0.323 e. The summed E-state index contributed by atoms with van der Waals surface area (Å²) in [7, 11) is 0. The van der Waals surface area contributed by atoms with E-state index in [1.165, 1.54) is 5.56 Å². The maximum absolute atomic E-state index is 6.09. The first-order valence-corrected chi connectivity index (χ1v) is 6.47. The predicted molar refractivity (Wildman–Crippen MR) is 73.2 cm³/mol. The molecule has 0 bridgehead atoms. The van der Waals surface area contributed by atoms with Crippen LogP contribution in [0.25, 0.3) is 5.69 Å². The fourth-order valence-corrected chi connectivity index (χ4v) is 2.35. The molecule has 0 aliphatic heterocycles. The van der Waals surface area contributed by atoms with Crippen molar-refractivity contribution < 1.29 is 0 Å². The molecule has 2 aromatic rings. The molecule has 1 atom stereocenters. The zero-order valence-electron chi connectivity index (χ0n) is 10.0. The van der Waals surface area contributed by atoms with E-state index in [1.54, 1.807) is 0 Å². The summed E-state index contributed by atoms with van der Waals surface area (Å²) in [6.07, 6.45) is 4.57. The first-order chi connectivity index (χ1) is 8.13. The Hall–Kier alpha value is -1.13. The highest BCUT2D eigenvalue weighted by Gasteiger charge is 2.12. The fraction of sp³-hybridized carbons (Fsp3) is 0.308. The van der Waals surface area contributed by atoms with E-state index in [0.717, 1.165) is 22.3 Å². The lowest BCUT2D eigenvalue weighted by Gasteiger charge is -2.15. The Morgan fingerprint density at radius 1 is 1.47 bits per heavy atom. The molecule has 0 aliphatic carbocycles. The molecule has 17 heavy (non-hydrogen) atoms. The minimum atomic E-state index is 0.0283. The SMILES string of the molecule is CC[C@@H](N)c1cncn1-c1ccc(Br)cc1C. The molecule has 0 spiro atoms. The highest BCUT2D eigenvalue weighted by molar-refractivity contribution is 9.10. The average molecular weight is 294 g/mol. The highest BCUT2D eigenvalue weighted by Crippen LogP contribution is 2.23. The zero-order valence-corrected chi connectivity index (χ0v) is 11.6. The van der Waals surface area contributed by atoms with E-state index in [1.807, 2.05) is 18.6 Å². The number of hydrogen-bond donors (Lipinski definition) is 1. The summed E-state index contributed by atoms with van der Waals surface area (Å²) in [5.41, 5.74) is 9.47. The van der Waals surface area contributed by atoms with E-state index < -0.39 is 0 Å². The van der Waals surface area contributed by atoms with Crippen molar-refractivity contribution in [1.29, 1.82) is 0 Å². The van der Waals surface area contributed by atoms with Crippen LogP contribution >= 0.6 is 15.9 Å². The van der Waals surface area contributed by atoms with Crippen molar-refractivity contribution in [2.75, 3.05) is 0 Å². The van der Waals surface area contributed by atoms with Crippen LogP contribution in [0.4, 0.5) is 0 Å². The Kier molecular flexibility index (Phi) is 3.64. The monoisotopic (exact) mass is 293 g/mol. The molecule has 3 nitrogen and oxygen atoms in total. The van der Waals surface area contributed by atoms with E-state index in [4.69, 9.17) is 5.73 Å². The average Bonchev–Trinajstić information content (AvgIpc) is 2.77. The van der Waals surface area contributed by atoms with Crippen LogP contribution in [-0.4, -0.2) is 9.55 Å². The number of aryl methyl sites for hydroxylation is 1. The molecule has 0 aliphatic rings. The molecule has 1 aromatic heterocycles. The van der Waals surface area contributed by atoms with Crippen LogP contribution < -0.4 is 5.73 Å². The van der Waals surface area contributed by atoms with E-state index in [0.29, 0.717) is 0 Å². The number of nitrogens with zero attached hydrogens (tertiary/aromatic N) is 2. The number of benzene rings is 1. The molecule has 2 rings (SSSR count). The molecule has 2 N–H and O–H groups in total. The van der Waals surface area contributed by atoms with Crippen LogP contribution in [-0.2, 0) is 0 Å². The molecule has 0 fully saturated rings. The van der Waals surface area contributed by atoms with Crippen LogP contribution in [0, 0.1) is 6.92 Å². The molecule has 1 heterocycles. The second kappa shape index (κ2) is 5.02. The third-order valence-electron chi connectivity index (χ3n) is 2.91. The van der Waals surface area contributed by atoms with Crippen LogP contribution in [0.1, 0.15) is 30.6 Å². The molecule has 0 saturated heterocycles. The second-order valence-corrected chi connectivity index (χ2v) is 5.05. The van der Waals surface area contributed by atoms with E-state index in [9.17, 15) is 0 Å². The molecule has 1 aromatic carbocycles. The lowest BCUT2D eigenvalue weighted by atomic mass is 10.1. The topological polar surface area (TPSA) is 43.8 Å². The molecule has 0 amide bonds. The van der Waals surface area contributed by atoms with Crippen molar-refractivity contribution in [1.82, 2.24) is 9.55 Å². The predicted octanol–water partition coefficient (Wildman–Crippen LogP) is 3.35. The lowest BCUT2D eigenvalue weighted by molar-refractivity contribution is 0.659. The standard InChI is InChI=1S/C13H16BrN3/c1-3-11(15)13-7-16-8-17(13)12-5-4-10(14)6-9(12)2/h4-8,11H,3,15H2,1-2H3/t11-/m1/s1. The smallest absolute Gasteiger partial charge is 0.0994 e. The van der Waals surface area contributed by atoms with Crippen molar-refractivity contribution in [2.45, 2.75) is 26.3 Å². The van der Waals surface area contributed by atoms with Gasteiger partial charge in [-0.3, -0.25) is 0 Å². The van der Waals surface area contributed by atoms with Gasteiger partial charge >= 0.3 is 0 Å². The molecular weight excluding hydrogens is 278 g/mol. The van der Waals surface area contributed by atoms with Crippen LogP contribution in [0.5, 0.6) is 0 Å². The normalized spacial score (nSPS) is 12.7. The molecule has 0 radical (unpaired) electrons. The fourth-order valence-electron chi connectivity index (χ4n) is 1.88. The summed E-state index contributed by atoms with van der Waals surface area (Å²) in [6.45, 7) is 4.16. The lowest BCUT2D eigenvalue weighted by Crippen LogP contribution is -2.13. The molecule has 0 unspecified atom stereocenters. The number of rotatable bonds is 3. The molecule has 90 valence electrons. The molecular formula is C13H16BrN3. The third-order valence-corrected chi connectivity index (χ3v) is 3.40. The minimum absolute atomic E-state index is 0.0283. The summed E-state index contributed by atoms with van der Waals surface area (Å²) in [5, 5.41) is 0. The maximum Gasteiger partial charge on any atom is 0.0994 e. The number of hydrogen-bond acceptors (Lipinski definition) is 2. The van der Waals surface area contributed by atoms with Gasteiger partial charge in [0.15, 0.2) is 0 Å². The van der Waals surface area contributed by atoms with E-state index in [2.05, 4.69) is 51.5 Å². The first kappa shape index (κ1) is 12.3. The summed E-state index contributed by atoms with van der Waals surface area (Å²) in [5.74, 6) is 0. The Morgan fingerprint density at radius 3 is 2.88 bits per heavy atom. The van der Waals surface area contributed by atoms with Gasteiger partial charge in [0.1, 0.15) is 0 Å². The third kappa shape index (κ3) is 2.42. The number of aromatic nitrogens is 2. The first-order valence-electron chi connectivity index (χ1n) is 5.67. The quantitative estimate of drug-likeness (QED) is 0.943. The van der Waals surface area contributed by atoms with Gasteiger partial charge in [0.25, 0.3) is 0 Å². The van der Waals surface area contributed by atoms with Crippen LogP contribution in [0.2, 0.25) is 0 Å². The Bertz CT molecular complexity index is 519. The van der Waals surface area contributed by atoms with Crippen molar-refractivity contribution in [3.05, 3.63) is 46.5 Å². The van der Waals surface area contributed by atoms with E-state index in [-0.39, 0.29) is 6.04 Å². The van der Waals surface area contributed by atoms with Crippen molar-refractivity contribution in [3.8, 4) is 5.69 Å². The van der Waals surface area contributed by atoms with Crippen molar-refractivity contribution >= 4 is 15.9 Å². The van der Waals surface area contributed by atoms with Gasteiger partial charge in [-0.1, -0.05) is 22.9 Å². The number of imidazole rings is 1. The van der Waals surface area contributed by atoms with Crippen LogP contribution in [0.15, 0.2) is 35.2 Å². The summed E-state index contributed by atoms with van der Waals surface area (Å²) >= 11 is 3.47.